The van der Waals surface area contributed by atoms with Crippen molar-refractivity contribution in [3.63, 3.8) is 0 Å². The number of nitrogens with one attached hydrogen (secondary N) is 1. The third kappa shape index (κ3) is 3.48. The van der Waals surface area contributed by atoms with E-state index < -0.39 is 5.41 Å². The van der Waals surface area contributed by atoms with E-state index >= 15 is 0 Å². The molecular weight excluding hydrogens is 513 g/mol. The van der Waals surface area contributed by atoms with Crippen molar-refractivity contribution in [3.8, 4) is 11.3 Å². The van der Waals surface area contributed by atoms with Crippen LogP contribution in [0, 0.1) is 0 Å². The molecule has 0 radical (unpaired) electrons. The molecule has 186 valence electrons. The van der Waals surface area contributed by atoms with Crippen molar-refractivity contribution in [1.29, 1.82) is 0 Å². The molecule has 0 saturated heterocycles. The van der Waals surface area contributed by atoms with Crippen molar-refractivity contribution >= 4 is 29.2 Å². The molecule has 4 heterocycles. The Hall–Kier alpha value is -3.99. The second-order valence-corrected chi connectivity index (χ2v) is 12.1. The zero-order valence-electron chi connectivity index (χ0n) is 21.1. The van der Waals surface area contributed by atoms with Gasteiger partial charge >= 0.3 is 0 Å². The van der Waals surface area contributed by atoms with Gasteiger partial charge in [0, 0.05) is 43.6 Å². The molecule has 1 N–H and O–H groups in total. The molecule has 0 fully saturated rings. The third-order valence-corrected chi connectivity index (χ3v) is 10.1. The van der Waals surface area contributed by atoms with Crippen LogP contribution < -0.4 is 5.32 Å². The van der Waals surface area contributed by atoms with Crippen molar-refractivity contribution in [2.45, 2.75) is 25.0 Å². The minimum atomic E-state index is -0.399. The Morgan fingerprint density at radius 1 is 0.615 bits per heavy atom. The van der Waals surface area contributed by atoms with Crippen LogP contribution in [-0.4, -0.2) is 11.5 Å². The summed E-state index contributed by atoms with van der Waals surface area (Å²) in [5.41, 5.74) is 9.53. The summed E-state index contributed by atoms with van der Waals surface area (Å²) < 4.78 is 0. The Labute approximate surface area is 236 Å². The van der Waals surface area contributed by atoms with Gasteiger partial charge < -0.3 is 5.32 Å². The molecule has 3 aliphatic rings. The Morgan fingerprint density at radius 3 is 1.90 bits per heavy atom. The smallest absolute Gasteiger partial charge is 0.0745 e. The molecule has 1 spiro atoms. The van der Waals surface area contributed by atoms with Crippen molar-refractivity contribution in [2.24, 2.45) is 0 Å². The molecular formula is C35H24N2S2. The number of rotatable bonds is 2. The Balaban J connectivity index is 1.45. The lowest BCUT2D eigenvalue weighted by molar-refractivity contribution is 0.667. The maximum absolute atomic E-state index is 4.66. The molecule has 0 bridgehead atoms. The number of dihydropyridines is 1. The fourth-order valence-corrected chi connectivity index (χ4v) is 8.65. The van der Waals surface area contributed by atoms with Crippen LogP contribution in [0.15, 0.2) is 147 Å². The Morgan fingerprint density at radius 2 is 1.23 bits per heavy atom. The summed E-state index contributed by atoms with van der Waals surface area (Å²) in [5.74, 6) is 0. The maximum Gasteiger partial charge on any atom is 0.0745 e. The number of pyridine rings is 1. The predicted octanol–water partition coefficient (Wildman–Crippen LogP) is 8.56. The van der Waals surface area contributed by atoms with Gasteiger partial charge in [-0.3, -0.25) is 4.98 Å². The minimum absolute atomic E-state index is 0.399. The monoisotopic (exact) mass is 536 g/mol. The van der Waals surface area contributed by atoms with Gasteiger partial charge in [0.25, 0.3) is 0 Å². The van der Waals surface area contributed by atoms with Crippen LogP contribution in [0.4, 0.5) is 0 Å². The van der Waals surface area contributed by atoms with Gasteiger partial charge in [-0.2, -0.15) is 0 Å². The first-order valence-electron chi connectivity index (χ1n) is 13.2. The number of hydrogen-bond donors (Lipinski definition) is 1. The normalized spacial score (nSPS) is 15.8. The summed E-state index contributed by atoms with van der Waals surface area (Å²) in [6, 6.07) is 38.0. The first-order valence-corrected chi connectivity index (χ1v) is 14.8. The lowest BCUT2D eigenvalue weighted by Gasteiger charge is -2.45. The van der Waals surface area contributed by atoms with Gasteiger partial charge in [0.15, 0.2) is 0 Å². The van der Waals surface area contributed by atoms with E-state index in [9.17, 15) is 0 Å². The summed E-state index contributed by atoms with van der Waals surface area (Å²) in [4.78, 5) is 9.88. The highest BCUT2D eigenvalue weighted by molar-refractivity contribution is 8.00. The van der Waals surface area contributed by atoms with Gasteiger partial charge in [0.05, 0.1) is 11.1 Å². The molecule has 1 aromatic heterocycles. The van der Waals surface area contributed by atoms with Crippen molar-refractivity contribution in [1.82, 2.24) is 10.3 Å². The number of nitrogens with zero attached hydrogens (tertiary/aromatic N) is 1. The van der Waals surface area contributed by atoms with E-state index in [-0.39, 0.29) is 0 Å². The molecule has 5 aromatic rings. The van der Waals surface area contributed by atoms with Gasteiger partial charge in [0.1, 0.15) is 0 Å². The SMILES string of the molecule is C1=CCNC(c2ccc3c(c2)Sc2cc(-c4ccccn4)ccc2C32c3ccccc3Sc3ccccc32)=C1. The molecule has 0 amide bonds. The van der Waals surface area contributed by atoms with Crippen LogP contribution in [0.5, 0.6) is 0 Å². The van der Waals surface area contributed by atoms with Gasteiger partial charge in [-0.15, -0.1) is 0 Å². The molecule has 3 aliphatic heterocycles. The summed E-state index contributed by atoms with van der Waals surface area (Å²) in [7, 11) is 0. The Kier molecular flexibility index (Phi) is 5.32. The van der Waals surface area contributed by atoms with Gasteiger partial charge in [-0.1, -0.05) is 102 Å². The van der Waals surface area contributed by atoms with Crippen LogP contribution in [0.3, 0.4) is 0 Å². The second-order valence-electron chi connectivity index (χ2n) is 9.97. The fraction of sp³-hybridized carbons (Fsp3) is 0.0571. The quantitative estimate of drug-likeness (QED) is 0.239. The lowest BCUT2D eigenvalue weighted by Crippen LogP contribution is -2.36. The van der Waals surface area contributed by atoms with Crippen molar-refractivity contribution in [3.05, 3.63) is 155 Å². The van der Waals surface area contributed by atoms with E-state index in [1.54, 1.807) is 0 Å². The third-order valence-electron chi connectivity index (χ3n) is 7.87. The van der Waals surface area contributed by atoms with Crippen molar-refractivity contribution < 1.29 is 0 Å². The van der Waals surface area contributed by atoms with Crippen LogP contribution in [0.1, 0.15) is 27.8 Å². The van der Waals surface area contributed by atoms with Crippen molar-refractivity contribution in [2.75, 3.05) is 6.54 Å². The van der Waals surface area contributed by atoms with Gasteiger partial charge in [-0.05, 0) is 70.3 Å². The summed E-state index contributed by atoms with van der Waals surface area (Å²) >= 11 is 3.76. The first kappa shape index (κ1) is 22.9. The average molecular weight is 537 g/mol. The van der Waals surface area contributed by atoms with Crippen LogP contribution in [0.25, 0.3) is 17.0 Å². The number of allylic oxidation sites excluding steroid dienone is 2. The standard InChI is InChI=1S/C35H24N2S2/c1-3-13-31-25(9-1)35(26-10-2-4-14-32(26)38-31)27-17-15-23(29-11-5-7-19-36-29)21-33(27)39-34-22-24(16-18-28(34)35)30-12-6-8-20-37-30/h1-19,21-22,37H,20H2. The molecule has 0 saturated carbocycles. The van der Waals surface area contributed by atoms with E-state index in [1.807, 2.05) is 35.8 Å². The highest BCUT2D eigenvalue weighted by Crippen LogP contribution is 2.61. The molecule has 8 rings (SSSR count). The van der Waals surface area contributed by atoms with E-state index in [0.29, 0.717) is 0 Å². The zero-order valence-corrected chi connectivity index (χ0v) is 22.7. The largest absolute Gasteiger partial charge is 0.381 e. The van der Waals surface area contributed by atoms with E-state index in [2.05, 4.69) is 126 Å². The first-order chi connectivity index (χ1) is 19.3. The number of benzene rings is 4. The summed E-state index contributed by atoms with van der Waals surface area (Å²) in [6.45, 7) is 0.855. The topological polar surface area (TPSA) is 24.9 Å². The van der Waals surface area contributed by atoms with E-state index in [1.165, 1.54) is 53.1 Å². The second kappa shape index (κ2) is 9.04. The van der Waals surface area contributed by atoms with Crippen LogP contribution in [0.2, 0.25) is 0 Å². The van der Waals surface area contributed by atoms with Gasteiger partial charge in [0.2, 0.25) is 0 Å². The zero-order chi connectivity index (χ0) is 25.8. The molecule has 0 atom stereocenters. The Bertz CT molecular complexity index is 1770. The molecule has 0 unspecified atom stereocenters. The van der Waals surface area contributed by atoms with Crippen LogP contribution in [-0.2, 0) is 5.41 Å². The maximum atomic E-state index is 4.66. The van der Waals surface area contributed by atoms with Gasteiger partial charge in [-0.25, -0.2) is 0 Å². The molecule has 4 aromatic carbocycles. The summed E-state index contributed by atoms with van der Waals surface area (Å²) in [5, 5.41) is 3.55. The van der Waals surface area contributed by atoms with E-state index in [4.69, 9.17) is 0 Å². The summed E-state index contributed by atoms with van der Waals surface area (Å²) in [6.07, 6.45) is 8.33. The number of aromatic nitrogens is 1. The molecule has 39 heavy (non-hydrogen) atoms. The van der Waals surface area contributed by atoms with Crippen LogP contribution >= 0.6 is 23.5 Å². The fourth-order valence-electron chi connectivity index (χ4n) is 6.19. The average Bonchev–Trinajstić information content (AvgIpc) is 3.01. The predicted molar refractivity (Wildman–Crippen MR) is 161 cm³/mol. The number of hydrogen-bond acceptors (Lipinski definition) is 4. The lowest BCUT2D eigenvalue weighted by atomic mass is 9.64. The molecule has 2 nitrogen and oxygen atoms in total. The number of fused-ring (bicyclic) bond motifs is 8. The molecule has 4 heteroatoms. The highest BCUT2D eigenvalue weighted by Gasteiger charge is 2.48. The minimum Gasteiger partial charge on any atom is -0.381 e. The highest BCUT2D eigenvalue weighted by atomic mass is 32.2. The van der Waals surface area contributed by atoms with E-state index in [0.717, 1.165) is 17.8 Å². The molecule has 0 aliphatic carbocycles.